The number of fused-ring (bicyclic) bond motifs is 1. The standard InChI is InChI=1S/C18H20N4OS/c1-2-23-14-9-7-13(8-10-14)20-18(24)19-12-11-17-21-15-5-3-4-6-16(15)22-17/h3-10H,2,11-12H2,1H3,(H,21,22)(H2,19,20,24). The molecular weight excluding hydrogens is 320 g/mol. The van der Waals surface area contributed by atoms with Gasteiger partial charge in [0, 0.05) is 18.7 Å². The Morgan fingerprint density at radius 2 is 1.96 bits per heavy atom. The van der Waals surface area contributed by atoms with E-state index >= 15 is 0 Å². The summed E-state index contributed by atoms with van der Waals surface area (Å²) < 4.78 is 5.42. The number of rotatable bonds is 6. The summed E-state index contributed by atoms with van der Waals surface area (Å²) in [5.74, 6) is 1.80. The first-order chi connectivity index (χ1) is 11.7. The topological polar surface area (TPSA) is 62.0 Å². The molecule has 0 saturated carbocycles. The van der Waals surface area contributed by atoms with E-state index in [1.807, 2.05) is 55.5 Å². The SMILES string of the molecule is CCOc1ccc(NC(=S)NCCc2nc3ccccc3[nH]2)cc1. The summed E-state index contributed by atoms with van der Waals surface area (Å²) in [7, 11) is 0. The summed E-state index contributed by atoms with van der Waals surface area (Å²) in [5, 5.41) is 6.94. The van der Waals surface area contributed by atoms with Gasteiger partial charge in [-0.1, -0.05) is 12.1 Å². The van der Waals surface area contributed by atoms with Crippen LogP contribution in [-0.4, -0.2) is 28.2 Å². The molecule has 0 aliphatic heterocycles. The Labute approximate surface area is 146 Å². The Morgan fingerprint density at radius 1 is 1.17 bits per heavy atom. The van der Waals surface area contributed by atoms with Gasteiger partial charge in [0.25, 0.3) is 0 Å². The van der Waals surface area contributed by atoms with Crippen LogP contribution in [-0.2, 0) is 6.42 Å². The number of hydrogen-bond acceptors (Lipinski definition) is 3. The number of aromatic nitrogens is 2. The van der Waals surface area contributed by atoms with Crippen LogP contribution < -0.4 is 15.4 Å². The average molecular weight is 340 g/mol. The first-order valence-electron chi connectivity index (χ1n) is 7.96. The van der Waals surface area contributed by atoms with Crippen LogP contribution in [0.5, 0.6) is 5.75 Å². The Kier molecular flexibility index (Phi) is 5.28. The number of thiocarbonyl (C=S) groups is 1. The number of ether oxygens (including phenoxy) is 1. The molecule has 2 aromatic carbocycles. The average Bonchev–Trinajstić information content (AvgIpc) is 2.99. The van der Waals surface area contributed by atoms with Gasteiger partial charge in [0.1, 0.15) is 11.6 Å². The molecule has 124 valence electrons. The number of hydrogen-bond donors (Lipinski definition) is 3. The number of benzene rings is 2. The molecule has 1 aromatic heterocycles. The maximum Gasteiger partial charge on any atom is 0.170 e. The zero-order chi connectivity index (χ0) is 16.8. The van der Waals surface area contributed by atoms with Crippen LogP contribution in [0, 0.1) is 0 Å². The highest BCUT2D eigenvalue weighted by Crippen LogP contribution is 2.15. The van der Waals surface area contributed by atoms with Crippen molar-refractivity contribution in [2.75, 3.05) is 18.5 Å². The fourth-order valence-electron chi connectivity index (χ4n) is 2.39. The third-order valence-electron chi connectivity index (χ3n) is 3.51. The molecule has 6 heteroatoms. The Balaban J connectivity index is 1.46. The largest absolute Gasteiger partial charge is 0.494 e. The van der Waals surface area contributed by atoms with Gasteiger partial charge in [-0.3, -0.25) is 0 Å². The first kappa shape index (κ1) is 16.3. The number of H-pyrrole nitrogens is 1. The lowest BCUT2D eigenvalue weighted by Gasteiger charge is -2.10. The monoisotopic (exact) mass is 340 g/mol. The minimum atomic E-state index is 0.593. The molecule has 3 N–H and O–H groups in total. The maximum atomic E-state index is 5.42. The van der Waals surface area contributed by atoms with Gasteiger partial charge < -0.3 is 20.4 Å². The molecule has 0 unspecified atom stereocenters. The van der Waals surface area contributed by atoms with E-state index in [0.717, 1.165) is 34.7 Å². The van der Waals surface area contributed by atoms with E-state index in [1.165, 1.54) is 0 Å². The molecule has 0 radical (unpaired) electrons. The van der Waals surface area contributed by atoms with Crippen LogP contribution in [0.4, 0.5) is 5.69 Å². The van der Waals surface area contributed by atoms with Crippen LogP contribution in [0.25, 0.3) is 11.0 Å². The Morgan fingerprint density at radius 3 is 2.71 bits per heavy atom. The van der Waals surface area contributed by atoms with Crippen molar-refractivity contribution >= 4 is 34.1 Å². The normalized spacial score (nSPS) is 10.5. The summed E-state index contributed by atoms with van der Waals surface area (Å²) in [6.07, 6.45) is 0.778. The molecule has 0 saturated heterocycles. The lowest BCUT2D eigenvalue weighted by molar-refractivity contribution is 0.340. The second kappa shape index (κ2) is 7.79. The van der Waals surface area contributed by atoms with Crippen molar-refractivity contribution in [3.05, 3.63) is 54.4 Å². The van der Waals surface area contributed by atoms with Crippen molar-refractivity contribution in [1.29, 1.82) is 0 Å². The van der Waals surface area contributed by atoms with Crippen LogP contribution in [0.1, 0.15) is 12.7 Å². The van der Waals surface area contributed by atoms with Crippen molar-refractivity contribution in [3.8, 4) is 5.75 Å². The summed E-state index contributed by atoms with van der Waals surface area (Å²) in [5.41, 5.74) is 2.98. The highest BCUT2D eigenvalue weighted by molar-refractivity contribution is 7.80. The van der Waals surface area contributed by atoms with Crippen molar-refractivity contribution in [2.24, 2.45) is 0 Å². The summed E-state index contributed by atoms with van der Waals surface area (Å²) in [6.45, 7) is 3.34. The predicted octanol–water partition coefficient (Wildman–Crippen LogP) is 3.49. The molecule has 0 bridgehead atoms. The van der Waals surface area contributed by atoms with Gasteiger partial charge in [-0.25, -0.2) is 4.98 Å². The Hall–Kier alpha value is -2.60. The molecule has 0 fully saturated rings. The molecule has 3 rings (SSSR count). The molecule has 0 amide bonds. The molecule has 3 aromatic rings. The lowest BCUT2D eigenvalue weighted by Crippen LogP contribution is -2.30. The maximum absolute atomic E-state index is 5.42. The van der Waals surface area contributed by atoms with Gasteiger partial charge in [-0.2, -0.15) is 0 Å². The van der Waals surface area contributed by atoms with Crippen LogP contribution in [0.15, 0.2) is 48.5 Å². The summed E-state index contributed by atoms with van der Waals surface area (Å²) >= 11 is 5.32. The van der Waals surface area contributed by atoms with E-state index < -0.39 is 0 Å². The number of anilines is 1. The molecule has 0 aliphatic carbocycles. The fourth-order valence-corrected chi connectivity index (χ4v) is 2.61. The third-order valence-corrected chi connectivity index (χ3v) is 3.76. The molecule has 24 heavy (non-hydrogen) atoms. The van der Waals surface area contributed by atoms with E-state index in [0.29, 0.717) is 18.3 Å². The van der Waals surface area contributed by atoms with E-state index in [2.05, 4.69) is 20.6 Å². The molecule has 0 atom stereocenters. The van der Waals surface area contributed by atoms with Crippen molar-refractivity contribution in [3.63, 3.8) is 0 Å². The zero-order valence-electron chi connectivity index (χ0n) is 13.5. The lowest BCUT2D eigenvalue weighted by atomic mass is 10.3. The minimum absolute atomic E-state index is 0.593. The zero-order valence-corrected chi connectivity index (χ0v) is 14.3. The van der Waals surface area contributed by atoms with Gasteiger partial charge in [-0.05, 0) is 55.5 Å². The number of nitrogens with zero attached hydrogens (tertiary/aromatic N) is 1. The Bertz CT molecular complexity index is 780. The number of nitrogens with one attached hydrogen (secondary N) is 3. The van der Waals surface area contributed by atoms with E-state index in [1.54, 1.807) is 0 Å². The van der Waals surface area contributed by atoms with Gasteiger partial charge in [0.2, 0.25) is 0 Å². The minimum Gasteiger partial charge on any atom is -0.494 e. The number of aromatic amines is 1. The highest BCUT2D eigenvalue weighted by atomic mass is 32.1. The number of para-hydroxylation sites is 2. The van der Waals surface area contributed by atoms with Crippen molar-refractivity contribution < 1.29 is 4.74 Å². The van der Waals surface area contributed by atoms with Crippen LogP contribution in [0.2, 0.25) is 0 Å². The molecule has 0 spiro atoms. The second-order valence-corrected chi connectivity index (χ2v) is 5.70. The summed E-state index contributed by atoms with van der Waals surface area (Å²) in [6, 6.07) is 15.7. The van der Waals surface area contributed by atoms with E-state index in [-0.39, 0.29) is 0 Å². The van der Waals surface area contributed by atoms with Crippen molar-refractivity contribution in [1.82, 2.24) is 15.3 Å². The highest BCUT2D eigenvalue weighted by Gasteiger charge is 2.03. The van der Waals surface area contributed by atoms with Gasteiger partial charge in [0.05, 0.1) is 17.6 Å². The molecule has 1 heterocycles. The molecule has 5 nitrogen and oxygen atoms in total. The van der Waals surface area contributed by atoms with Gasteiger partial charge >= 0.3 is 0 Å². The fraction of sp³-hybridized carbons (Fsp3) is 0.222. The quantitative estimate of drug-likeness (QED) is 0.600. The van der Waals surface area contributed by atoms with Crippen LogP contribution in [0.3, 0.4) is 0 Å². The van der Waals surface area contributed by atoms with E-state index in [9.17, 15) is 0 Å². The third kappa shape index (κ3) is 4.23. The number of imidazole rings is 1. The molecular formula is C18H20N4OS. The van der Waals surface area contributed by atoms with Crippen molar-refractivity contribution in [2.45, 2.75) is 13.3 Å². The van der Waals surface area contributed by atoms with E-state index in [4.69, 9.17) is 17.0 Å². The van der Waals surface area contributed by atoms with Gasteiger partial charge in [-0.15, -0.1) is 0 Å². The van der Waals surface area contributed by atoms with Crippen LogP contribution >= 0.6 is 12.2 Å². The van der Waals surface area contributed by atoms with Gasteiger partial charge in [0.15, 0.2) is 5.11 Å². The molecule has 0 aliphatic rings. The summed E-state index contributed by atoms with van der Waals surface area (Å²) in [4.78, 5) is 7.86. The second-order valence-electron chi connectivity index (χ2n) is 5.29. The smallest absolute Gasteiger partial charge is 0.170 e. The predicted molar refractivity (Wildman–Crippen MR) is 102 cm³/mol. The first-order valence-corrected chi connectivity index (χ1v) is 8.37.